The van der Waals surface area contributed by atoms with Crippen molar-refractivity contribution in [2.45, 2.75) is 25.2 Å². The lowest BCUT2D eigenvalue weighted by Gasteiger charge is -2.38. The summed E-state index contributed by atoms with van der Waals surface area (Å²) in [4.78, 5) is 16.1. The van der Waals surface area contributed by atoms with Crippen molar-refractivity contribution in [2.75, 3.05) is 13.1 Å². The quantitative estimate of drug-likeness (QED) is 0.604. The highest BCUT2D eigenvalue weighted by molar-refractivity contribution is 6.64. The molecule has 0 amide bonds. The van der Waals surface area contributed by atoms with Crippen LogP contribution < -0.4 is 0 Å². The third-order valence-electron chi connectivity index (χ3n) is 3.25. The number of rotatable bonds is 3. The lowest BCUT2D eigenvalue weighted by atomic mass is 9.82. The largest absolute Gasteiger partial charge is 0.339 e. The van der Waals surface area contributed by atoms with Gasteiger partial charge in [0.25, 0.3) is 13.3 Å². The fraction of sp³-hybridized carbons (Fsp3) is 0.500. The molecule has 3 nitrogen and oxygen atoms in total. The Balaban J connectivity index is 2.24. The van der Waals surface area contributed by atoms with Crippen molar-refractivity contribution >= 4 is 13.6 Å². The highest BCUT2D eigenvalue weighted by atomic mass is 19.3. The van der Waals surface area contributed by atoms with Crippen molar-refractivity contribution in [3.8, 4) is 0 Å². The average molecular weight is 251 g/mol. The summed E-state index contributed by atoms with van der Waals surface area (Å²) in [7, 11) is 1.33. The van der Waals surface area contributed by atoms with Crippen LogP contribution in [0.3, 0.4) is 0 Å². The van der Waals surface area contributed by atoms with Crippen molar-refractivity contribution in [3.05, 3.63) is 29.6 Å². The van der Waals surface area contributed by atoms with Crippen LogP contribution in [0.15, 0.2) is 18.3 Å². The van der Waals surface area contributed by atoms with Gasteiger partial charge in [0.15, 0.2) is 0 Å². The van der Waals surface area contributed by atoms with E-state index in [4.69, 9.17) is 0 Å². The van der Waals surface area contributed by atoms with Crippen molar-refractivity contribution < 1.29 is 13.6 Å². The summed E-state index contributed by atoms with van der Waals surface area (Å²) < 4.78 is 27.9. The van der Waals surface area contributed by atoms with Crippen molar-refractivity contribution in [1.82, 2.24) is 9.79 Å². The zero-order valence-electron chi connectivity index (χ0n) is 10.1. The fourth-order valence-corrected chi connectivity index (χ4v) is 2.28. The van der Waals surface area contributed by atoms with E-state index >= 15 is 0 Å². The van der Waals surface area contributed by atoms with Crippen LogP contribution >= 0.6 is 0 Å². The van der Waals surface area contributed by atoms with Gasteiger partial charge in [0, 0.05) is 18.3 Å². The minimum Gasteiger partial charge on any atom is -0.339 e. The van der Waals surface area contributed by atoms with E-state index < -0.39 is 11.8 Å². The first-order valence-corrected chi connectivity index (χ1v) is 5.86. The van der Waals surface area contributed by atoms with Crippen LogP contribution in [0.1, 0.15) is 23.6 Å². The third-order valence-corrected chi connectivity index (χ3v) is 3.25. The molecule has 0 aromatic carbocycles. The minimum atomic E-state index is -2.74. The van der Waals surface area contributed by atoms with Gasteiger partial charge in [-0.15, -0.1) is 0 Å². The smallest absolute Gasteiger partial charge is 0.293 e. The van der Waals surface area contributed by atoms with Crippen molar-refractivity contribution in [1.29, 1.82) is 0 Å². The molecule has 0 N–H and O–H groups in total. The van der Waals surface area contributed by atoms with Crippen LogP contribution in [-0.4, -0.2) is 42.4 Å². The second-order valence-electron chi connectivity index (χ2n) is 4.57. The Morgan fingerprint density at radius 1 is 1.61 bits per heavy atom. The summed E-state index contributed by atoms with van der Waals surface area (Å²) in [5.74, 6) is -3.62. The maximum Gasteiger partial charge on any atom is 0.293 e. The molecule has 95 valence electrons. The predicted molar refractivity (Wildman–Crippen MR) is 65.4 cm³/mol. The third kappa shape index (κ3) is 2.75. The number of nitrogens with zero attached hydrogens (tertiary/aromatic N) is 2. The van der Waals surface area contributed by atoms with Gasteiger partial charge >= 0.3 is 0 Å². The standard InChI is InChI=1S/C12H14BF2N2O/c1-9-6-10(2-4-16-9)11-7-17(13-8-18)5-3-12(11,14)15/h2,4,6,8,11H,3,5,7H2,1H3. The van der Waals surface area contributed by atoms with Gasteiger partial charge in [-0.3, -0.25) is 4.98 Å². The number of aryl methyl sites for hydroxylation is 1. The molecule has 6 heteroatoms. The molecule has 1 unspecified atom stereocenters. The second kappa shape index (κ2) is 5.14. The van der Waals surface area contributed by atoms with Gasteiger partial charge in [-0.25, -0.2) is 8.78 Å². The zero-order chi connectivity index (χ0) is 13.2. The Morgan fingerprint density at radius 2 is 2.39 bits per heavy atom. The number of carbonyl (C=O) groups excluding carboxylic acids is 1. The van der Waals surface area contributed by atoms with E-state index in [9.17, 15) is 13.6 Å². The molecule has 1 atom stereocenters. The number of hydrogen-bond acceptors (Lipinski definition) is 3. The number of halogens is 2. The second-order valence-corrected chi connectivity index (χ2v) is 4.57. The van der Waals surface area contributed by atoms with Gasteiger partial charge in [0.1, 0.15) is 0 Å². The van der Waals surface area contributed by atoms with Crippen LogP contribution in [0, 0.1) is 6.92 Å². The molecule has 1 aliphatic rings. The maximum atomic E-state index is 14.0. The van der Waals surface area contributed by atoms with Crippen LogP contribution in [0.4, 0.5) is 8.78 Å². The van der Waals surface area contributed by atoms with Crippen LogP contribution in [-0.2, 0) is 4.79 Å². The Hall–Kier alpha value is -1.30. The Kier molecular flexibility index (Phi) is 3.75. The lowest BCUT2D eigenvalue weighted by Crippen LogP contribution is -2.47. The molecule has 1 aromatic heterocycles. The summed E-state index contributed by atoms with van der Waals surface area (Å²) in [6, 6.07) is 3.30. The summed E-state index contributed by atoms with van der Waals surface area (Å²) >= 11 is 0. The van der Waals surface area contributed by atoms with E-state index in [2.05, 4.69) is 4.98 Å². The molecule has 2 heterocycles. The van der Waals surface area contributed by atoms with Gasteiger partial charge in [-0.2, -0.15) is 0 Å². The summed E-state index contributed by atoms with van der Waals surface area (Å²) in [5.41, 5.74) is 1.30. The highest BCUT2D eigenvalue weighted by Gasteiger charge is 2.44. The molecule has 0 saturated carbocycles. The van der Waals surface area contributed by atoms with E-state index in [1.54, 1.807) is 30.1 Å². The molecule has 18 heavy (non-hydrogen) atoms. The Bertz CT molecular complexity index is 442. The number of carbonyl (C=O) groups is 1. The summed E-state index contributed by atoms with van der Waals surface area (Å²) in [6.45, 7) is 2.15. The average Bonchev–Trinajstić information content (AvgIpc) is 2.31. The van der Waals surface area contributed by atoms with Gasteiger partial charge < -0.3 is 9.61 Å². The molecule has 0 spiro atoms. The topological polar surface area (TPSA) is 33.2 Å². The fourth-order valence-electron chi connectivity index (χ4n) is 2.28. The summed E-state index contributed by atoms with van der Waals surface area (Å²) in [6.07, 6.45) is 1.95. The molecular formula is C12H14BF2N2O. The minimum absolute atomic E-state index is 0.162. The van der Waals surface area contributed by atoms with Gasteiger partial charge in [-0.1, -0.05) is 0 Å². The molecule has 1 radical (unpaired) electrons. The molecule has 0 aliphatic carbocycles. The number of pyridine rings is 1. The first-order valence-electron chi connectivity index (χ1n) is 5.86. The van der Waals surface area contributed by atoms with Crippen LogP contribution in [0.2, 0.25) is 0 Å². The highest BCUT2D eigenvalue weighted by Crippen LogP contribution is 2.39. The monoisotopic (exact) mass is 251 g/mol. The lowest BCUT2D eigenvalue weighted by molar-refractivity contribution is -0.0624. The number of alkyl halides is 2. The summed E-state index contributed by atoms with van der Waals surface area (Å²) in [5, 5.41) is 0. The molecular weight excluding hydrogens is 237 g/mol. The molecule has 1 aromatic rings. The SMILES string of the molecule is Cc1cc(C2CN([B]C=O)CCC2(F)F)ccn1. The number of aromatic nitrogens is 1. The molecule has 0 bridgehead atoms. The Labute approximate surface area is 105 Å². The van der Waals surface area contributed by atoms with E-state index in [0.29, 0.717) is 11.7 Å². The van der Waals surface area contributed by atoms with Gasteiger partial charge in [0.2, 0.25) is 0 Å². The number of piperidine rings is 1. The van der Waals surface area contributed by atoms with Gasteiger partial charge in [0.05, 0.1) is 12.1 Å². The van der Waals surface area contributed by atoms with Crippen LogP contribution in [0.5, 0.6) is 0 Å². The predicted octanol–water partition coefficient (Wildman–Crippen LogP) is 1.62. The van der Waals surface area contributed by atoms with Crippen LogP contribution in [0.25, 0.3) is 0 Å². The first-order chi connectivity index (χ1) is 8.53. The van der Waals surface area contributed by atoms with Gasteiger partial charge in [-0.05, 0) is 37.7 Å². The molecule has 2 rings (SSSR count). The molecule has 1 saturated heterocycles. The zero-order valence-corrected chi connectivity index (χ0v) is 10.1. The Morgan fingerprint density at radius 3 is 3.06 bits per heavy atom. The maximum absolute atomic E-state index is 14.0. The molecule has 1 aliphatic heterocycles. The van der Waals surface area contributed by atoms with Crippen molar-refractivity contribution in [3.63, 3.8) is 0 Å². The van der Waals surface area contributed by atoms with E-state index in [1.165, 1.54) is 7.41 Å². The number of hydrogen-bond donors (Lipinski definition) is 0. The molecule has 1 fully saturated rings. The normalized spacial score (nSPS) is 23.6. The van der Waals surface area contributed by atoms with E-state index in [-0.39, 0.29) is 19.5 Å². The van der Waals surface area contributed by atoms with Crippen molar-refractivity contribution in [2.24, 2.45) is 0 Å². The first kappa shape index (κ1) is 13.1. The van der Waals surface area contributed by atoms with E-state index in [0.717, 1.165) is 5.69 Å². The van der Waals surface area contributed by atoms with E-state index in [1.807, 2.05) is 0 Å².